The first-order valence-corrected chi connectivity index (χ1v) is 9.42. The fourth-order valence-electron chi connectivity index (χ4n) is 3.14. The van der Waals surface area contributed by atoms with Gasteiger partial charge in [-0.3, -0.25) is 4.79 Å². The van der Waals surface area contributed by atoms with E-state index in [9.17, 15) is 4.79 Å². The van der Waals surface area contributed by atoms with Gasteiger partial charge >= 0.3 is 0 Å². The number of aromatic nitrogens is 2. The Morgan fingerprint density at radius 2 is 1.93 bits per heavy atom. The van der Waals surface area contributed by atoms with E-state index in [4.69, 9.17) is 16.0 Å². The quantitative estimate of drug-likeness (QED) is 0.722. The average molecular weight is 398 g/mol. The highest BCUT2D eigenvalue weighted by atomic mass is 35.5. The standard InChI is InChI=1S/C20H20ClN5O2/c1-14-12-18(23-16-5-2-4-15(21)13-16)24-20(22-14)26-9-7-25(8-10-26)19(27)17-6-3-11-28-17/h2-6,11-13H,7-10H2,1H3,(H,22,23,24). The zero-order chi connectivity index (χ0) is 19.5. The molecule has 3 aromatic rings. The number of amides is 1. The number of aryl methyl sites for hydroxylation is 1. The fraction of sp³-hybridized carbons (Fsp3) is 0.250. The van der Waals surface area contributed by atoms with E-state index in [1.165, 1.54) is 6.26 Å². The summed E-state index contributed by atoms with van der Waals surface area (Å²) >= 11 is 6.05. The summed E-state index contributed by atoms with van der Waals surface area (Å²) in [4.78, 5) is 25.5. The summed E-state index contributed by atoms with van der Waals surface area (Å²) in [5.41, 5.74) is 1.73. The van der Waals surface area contributed by atoms with Crippen molar-refractivity contribution in [2.45, 2.75) is 6.92 Å². The molecule has 1 N–H and O–H groups in total. The van der Waals surface area contributed by atoms with Gasteiger partial charge in [0.2, 0.25) is 5.95 Å². The molecule has 1 fully saturated rings. The maximum atomic E-state index is 12.4. The molecule has 1 saturated heterocycles. The van der Waals surface area contributed by atoms with Crippen LogP contribution in [0.1, 0.15) is 16.2 Å². The second kappa shape index (κ2) is 7.90. The van der Waals surface area contributed by atoms with Gasteiger partial charge in [-0.05, 0) is 37.3 Å². The average Bonchev–Trinajstić information content (AvgIpc) is 3.22. The van der Waals surface area contributed by atoms with E-state index < -0.39 is 0 Å². The Labute approximate surface area is 167 Å². The molecule has 0 aliphatic carbocycles. The molecule has 1 aromatic carbocycles. The molecule has 28 heavy (non-hydrogen) atoms. The Balaban J connectivity index is 1.45. The van der Waals surface area contributed by atoms with Crippen LogP contribution in [0.25, 0.3) is 0 Å². The maximum Gasteiger partial charge on any atom is 0.289 e. The Morgan fingerprint density at radius 1 is 1.11 bits per heavy atom. The number of carbonyl (C=O) groups excluding carboxylic acids is 1. The van der Waals surface area contributed by atoms with E-state index in [1.807, 2.05) is 37.3 Å². The summed E-state index contributed by atoms with van der Waals surface area (Å²) in [6, 6.07) is 12.8. The number of hydrogen-bond acceptors (Lipinski definition) is 6. The molecule has 7 nitrogen and oxygen atoms in total. The van der Waals surface area contributed by atoms with Gasteiger partial charge in [0, 0.05) is 48.6 Å². The van der Waals surface area contributed by atoms with Gasteiger partial charge in [0.05, 0.1) is 6.26 Å². The van der Waals surface area contributed by atoms with E-state index in [0.717, 1.165) is 11.4 Å². The highest BCUT2D eigenvalue weighted by molar-refractivity contribution is 6.30. The van der Waals surface area contributed by atoms with E-state index in [0.29, 0.717) is 48.7 Å². The largest absolute Gasteiger partial charge is 0.459 e. The normalized spacial score (nSPS) is 14.2. The smallest absolute Gasteiger partial charge is 0.289 e. The van der Waals surface area contributed by atoms with Crippen LogP contribution in [0.4, 0.5) is 17.5 Å². The number of halogens is 1. The number of anilines is 3. The number of nitrogens with zero attached hydrogens (tertiary/aromatic N) is 4. The number of rotatable bonds is 4. The van der Waals surface area contributed by atoms with Crippen molar-refractivity contribution in [3.63, 3.8) is 0 Å². The van der Waals surface area contributed by atoms with Crippen LogP contribution in [0.15, 0.2) is 53.1 Å². The molecular formula is C20H20ClN5O2. The minimum atomic E-state index is -0.0851. The van der Waals surface area contributed by atoms with Crippen molar-refractivity contribution in [3.05, 3.63) is 65.2 Å². The molecule has 2 aromatic heterocycles. The van der Waals surface area contributed by atoms with Gasteiger partial charge in [0.1, 0.15) is 5.82 Å². The molecule has 4 rings (SSSR count). The number of hydrogen-bond donors (Lipinski definition) is 1. The molecule has 1 amide bonds. The molecule has 144 valence electrons. The summed E-state index contributed by atoms with van der Waals surface area (Å²) in [6.07, 6.45) is 1.51. The van der Waals surface area contributed by atoms with Gasteiger partial charge in [0.15, 0.2) is 5.76 Å². The van der Waals surface area contributed by atoms with E-state index in [1.54, 1.807) is 17.0 Å². The van der Waals surface area contributed by atoms with E-state index in [-0.39, 0.29) is 5.91 Å². The van der Waals surface area contributed by atoms with E-state index in [2.05, 4.69) is 20.2 Å². The van der Waals surface area contributed by atoms with E-state index >= 15 is 0 Å². The zero-order valence-corrected chi connectivity index (χ0v) is 16.2. The molecular weight excluding hydrogens is 378 g/mol. The molecule has 0 bridgehead atoms. The number of nitrogens with one attached hydrogen (secondary N) is 1. The van der Waals surface area contributed by atoms with Crippen molar-refractivity contribution < 1.29 is 9.21 Å². The molecule has 0 radical (unpaired) electrons. The Kier molecular flexibility index (Phi) is 5.16. The third-order valence-corrected chi connectivity index (χ3v) is 4.76. The van der Waals surface area contributed by atoms with Gasteiger partial charge in [-0.25, -0.2) is 4.98 Å². The summed E-state index contributed by atoms with van der Waals surface area (Å²) < 4.78 is 5.21. The predicted molar refractivity (Wildman–Crippen MR) is 108 cm³/mol. The topological polar surface area (TPSA) is 74.5 Å². The van der Waals surface area contributed by atoms with Crippen molar-refractivity contribution in [1.82, 2.24) is 14.9 Å². The van der Waals surface area contributed by atoms with Gasteiger partial charge in [-0.1, -0.05) is 17.7 Å². The van der Waals surface area contributed by atoms with Crippen LogP contribution < -0.4 is 10.2 Å². The summed E-state index contributed by atoms with van der Waals surface area (Å²) in [5.74, 6) is 1.64. The first-order chi connectivity index (χ1) is 13.6. The van der Waals surface area contributed by atoms with Crippen LogP contribution >= 0.6 is 11.6 Å². The highest BCUT2D eigenvalue weighted by Gasteiger charge is 2.25. The third-order valence-electron chi connectivity index (χ3n) is 4.52. The summed E-state index contributed by atoms with van der Waals surface area (Å²) in [7, 11) is 0. The summed E-state index contributed by atoms with van der Waals surface area (Å²) in [5, 5.41) is 3.93. The predicted octanol–water partition coefficient (Wildman–Crippen LogP) is 3.74. The maximum absolute atomic E-state index is 12.4. The number of benzene rings is 1. The molecule has 0 spiro atoms. The second-order valence-electron chi connectivity index (χ2n) is 6.59. The van der Waals surface area contributed by atoms with Crippen molar-refractivity contribution in [1.29, 1.82) is 0 Å². The Morgan fingerprint density at radius 3 is 2.64 bits per heavy atom. The molecule has 1 aliphatic heterocycles. The minimum Gasteiger partial charge on any atom is -0.459 e. The van der Waals surface area contributed by atoms with Gasteiger partial charge in [0.25, 0.3) is 5.91 Å². The first kappa shape index (κ1) is 18.3. The van der Waals surface area contributed by atoms with Crippen LogP contribution in [-0.2, 0) is 0 Å². The Bertz CT molecular complexity index is 968. The number of piperazine rings is 1. The SMILES string of the molecule is Cc1cc(Nc2cccc(Cl)c2)nc(N2CCN(C(=O)c3ccco3)CC2)n1. The monoisotopic (exact) mass is 397 g/mol. The van der Waals surface area contributed by atoms with Crippen LogP contribution in [0.5, 0.6) is 0 Å². The Hall–Kier alpha value is -3.06. The van der Waals surface area contributed by atoms with Gasteiger partial charge < -0.3 is 19.5 Å². The lowest BCUT2D eigenvalue weighted by Crippen LogP contribution is -2.49. The van der Waals surface area contributed by atoms with Crippen LogP contribution in [0.2, 0.25) is 5.02 Å². The highest BCUT2D eigenvalue weighted by Crippen LogP contribution is 2.22. The lowest BCUT2D eigenvalue weighted by atomic mass is 10.3. The summed E-state index contributed by atoms with van der Waals surface area (Å²) in [6.45, 7) is 4.44. The van der Waals surface area contributed by atoms with Crippen molar-refractivity contribution in [3.8, 4) is 0 Å². The molecule has 0 unspecified atom stereocenters. The molecule has 0 atom stereocenters. The van der Waals surface area contributed by atoms with Crippen LogP contribution in [0, 0.1) is 6.92 Å². The molecule has 3 heterocycles. The molecule has 8 heteroatoms. The minimum absolute atomic E-state index is 0.0851. The van der Waals surface area contributed by atoms with Crippen LogP contribution in [-0.4, -0.2) is 47.0 Å². The molecule has 1 aliphatic rings. The fourth-order valence-corrected chi connectivity index (χ4v) is 3.33. The number of carbonyl (C=O) groups is 1. The number of furan rings is 1. The van der Waals surface area contributed by atoms with Crippen LogP contribution in [0.3, 0.4) is 0 Å². The molecule has 0 saturated carbocycles. The lowest BCUT2D eigenvalue weighted by molar-refractivity contribution is 0.0714. The van der Waals surface area contributed by atoms with Crippen molar-refractivity contribution in [2.75, 3.05) is 36.4 Å². The third kappa shape index (κ3) is 4.09. The van der Waals surface area contributed by atoms with Gasteiger partial charge in [-0.15, -0.1) is 0 Å². The van der Waals surface area contributed by atoms with Crippen molar-refractivity contribution in [2.24, 2.45) is 0 Å². The zero-order valence-electron chi connectivity index (χ0n) is 15.4. The van der Waals surface area contributed by atoms with Crippen molar-refractivity contribution >= 4 is 35.0 Å². The second-order valence-corrected chi connectivity index (χ2v) is 7.02. The lowest BCUT2D eigenvalue weighted by Gasteiger charge is -2.34. The van der Waals surface area contributed by atoms with Gasteiger partial charge in [-0.2, -0.15) is 4.98 Å². The first-order valence-electron chi connectivity index (χ1n) is 9.04.